The van der Waals surface area contributed by atoms with Gasteiger partial charge in [0.15, 0.2) is 0 Å². The number of carbonyl (C=O) groups is 1. The SMILES string of the molecule is CCC(=O)Cc1sc2c(c1-c1nc3ccccc3s1)CCN(C)C2. The Bertz CT molecular complexity index is 876. The van der Waals surface area contributed by atoms with E-state index in [-0.39, 0.29) is 0 Å². The van der Waals surface area contributed by atoms with Gasteiger partial charge in [-0.15, -0.1) is 22.7 Å². The topological polar surface area (TPSA) is 33.2 Å². The molecule has 2 aromatic heterocycles. The minimum Gasteiger partial charge on any atom is -0.301 e. The lowest BCUT2D eigenvalue weighted by Gasteiger charge is -2.22. The number of nitrogens with zero attached hydrogens (tertiary/aromatic N) is 2. The summed E-state index contributed by atoms with van der Waals surface area (Å²) in [5, 5.41) is 1.08. The molecule has 0 saturated carbocycles. The predicted octanol–water partition coefficient (Wildman–Crippen LogP) is 4.53. The van der Waals surface area contributed by atoms with E-state index in [0.717, 1.165) is 30.0 Å². The molecular weight excluding hydrogens is 336 g/mol. The largest absolute Gasteiger partial charge is 0.301 e. The van der Waals surface area contributed by atoms with Crippen molar-refractivity contribution in [1.82, 2.24) is 9.88 Å². The van der Waals surface area contributed by atoms with Crippen LogP contribution in [0.15, 0.2) is 24.3 Å². The van der Waals surface area contributed by atoms with Crippen LogP contribution in [0.3, 0.4) is 0 Å². The smallest absolute Gasteiger partial charge is 0.137 e. The Labute approximate surface area is 150 Å². The first-order valence-corrected chi connectivity index (χ1v) is 9.98. The van der Waals surface area contributed by atoms with Gasteiger partial charge in [0.25, 0.3) is 0 Å². The normalized spacial score (nSPS) is 14.9. The summed E-state index contributed by atoms with van der Waals surface area (Å²) in [4.78, 5) is 21.9. The molecule has 5 heteroatoms. The molecule has 0 N–H and O–H groups in total. The number of likely N-dealkylation sites (N-methyl/N-ethyl adjacent to an activating group) is 1. The van der Waals surface area contributed by atoms with E-state index in [1.807, 2.05) is 24.3 Å². The number of thiophene rings is 1. The lowest BCUT2D eigenvalue weighted by molar-refractivity contribution is -0.118. The van der Waals surface area contributed by atoms with Gasteiger partial charge in [-0.3, -0.25) is 4.79 Å². The zero-order valence-corrected chi connectivity index (χ0v) is 15.6. The molecule has 4 rings (SSSR count). The summed E-state index contributed by atoms with van der Waals surface area (Å²) < 4.78 is 1.22. The second kappa shape index (κ2) is 6.39. The van der Waals surface area contributed by atoms with Crippen LogP contribution in [0.1, 0.15) is 28.7 Å². The lowest BCUT2D eigenvalue weighted by Crippen LogP contribution is -2.25. The molecule has 3 aromatic rings. The van der Waals surface area contributed by atoms with Crippen molar-refractivity contribution in [1.29, 1.82) is 0 Å². The standard InChI is InChI=1S/C19H20N2OS2/c1-3-12(22)10-16-18(13-8-9-21(2)11-17(13)23-16)19-20-14-6-4-5-7-15(14)24-19/h4-7H,3,8-11H2,1-2H3. The Kier molecular flexibility index (Phi) is 4.24. The highest BCUT2D eigenvalue weighted by Gasteiger charge is 2.26. The number of aromatic nitrogens is 1. The van der Waals surface area contributed by atoms with Gasteiger partial charge >= 0.3 is 0 Å². The van der Waals surface area contributed by atoms with Crippen LogP contribution in [0, 0.1) is 0 Å². The summed E-state index contributed by atoms with van der Waals surface area (Å²) in [6.45, 7) is 4.00. The van der Waals surface area contributed by atoms with Crippen LogP contribution in [-0.2, 0) is 24.2 Å². The van der Waals surface area contributed by atoms with Crippen molar-refractivity contribution in [2.75, 3.05) is 13.6 Å². The average molecular weight is 357 g/mol. The number of ketones is 1. The number of thiazole rings is 1. The van der Waals surface area contributed by atoms with Crippen LogP contribution >= 0.6 is 22.7 Å². The number of hydrogen-bond donors (Lipinski definition) is 0. The summed E-state index contributed by atoms with van der Waals surface area (Å²) in [7, 11) is 2.16. The molecule has 0 unspecified atom stereocenters. The number of benzene rings is 1. The molecule has 0 spiro atoms. The number of Topliss-reactive ketones (excluding diaryl/α,β-unsaturated/α-hetero) is 1. The molecule has 0 amide bonds. The fraction of sp³-hybridized carbons (Fsp3) is 0.368. The summed E-state index contributed by atoms with van der Waals surface area (Å²) in [5.74, 6) is 0.310. The molecule has 124 valence electrons. The second-order valence-electron chi connectivity index (χ2n) is 6.35. The summed E-state index contributed by atoms with van der Waals surface area (Å²) in [6, 6.07) is 8.29. The van der Waals surface area contributed by atoms with Gasteiger partial charge in [-0.1, -0.05) is 19.1 Å². The first-order chi connectivity index (χ1) is 11.7. The van der Waals surface area contributed by atoms with Gasteiger partial charge in [0.2, 0.25) is 0 Å². The summed E-state index contributed by atoms with van der Waals surface area (Å²) >= 11 is 3.57. The van der Waals surface area contributed by atoms with Crippen molar-refractivity contribution in [2.24, 2.45) is 0 Å². The van der Waals surface area contributed by atoms with Crippen molar-refractivity contribution in [3.8, 4) is 10.6 Å². The highest BCUT2D eigenvalue weighted by Crippen LogP contribution is 2.42. The van der Waals surface area contributed by atoms with E-state index in [4.69, 9.17) is 4.98 Å². The Balaban J connectivity index is 1.86. The minimum absolute atomic E-state index is 0.310. The molecule has 3 heterocycles. The molecule has 0 radical (unpaired) electrons. The van der Waals surface area contributed by atoms with E-state index in [1.54, 1.807) is 11.3 Å². The van der Waals surface area contributed by atoms with Crippen LogP contribution in [0.2, 0.25) is 0 Å². The molecule has 1 aromatic carbocycles. The number of rotatable bonds is 4. The molecule has 0 bridgehead atoms. The molecule has 1 aliphatic heterocycles. The lowest BCUT2D eigenvalue weighted by atomic mass is 10.0. The predicted molar refractivity (Wildman–Crippen MR) is 102 cm³/mol. The zero-order valence-electron chi connectivity index (χ0n) is 14.0. The van der Waals surface area contributed by atoms with Crippen molar-refractivity contribution >= 4 is 38.7 Å². The van der Waals surface area contributed by atoms with Crippen LogP contribution in [0.4, 0.5) is 0 Å². The number of para-hydroxylation sites is 1. The molecule has 3 nitrogen and oxygen atoms in total. The minimum atomic E-state index is 0.310. The van der Waals surface area contributed by atoms with Crippen LogP contribution < -0.4 is 0 Å². The van der Waals surface area contributed by atoms with Crippen molar-refractivity contribution in [2.45, 2.75) is 32.7 Å². The fourth-order valence-corrected chi connectivity index (χ4v) is 5.84. The van der Waals surface area contributed by atoms with Gasteiger partial charge in [-0.2, -0.15) is 0 Å². The first-order valence-electron chi connectivity index (χ1n) is 8.35. The van der Waals surface area contributed by atoms with E-state index in [2.05, 4.69) is 30.1 Å². The van der Waals surface area contributed by atoms with Crippen LogP contribution in [0.5, 0.6) is 0 Å². The van der Waals surface area contributed by atoms with E-state index >= 15 is 0 Å². The third-order valence-electron chi connectivity index (χ3n) is 4.58. The highest BCUT2D eigenvalue weighted by molar-refractivity contribution is 7.22. The van der Waals surface area contributed by atoms with Gasteiger partial charge in [-0.05, 0) is 31.2 Å². The number of hydrogen-bond acceptors (Lipinski definition) is 5. The van der Waals surface area contributed by atoms with Crippen molar-refractivity contribution < 1.29 is 4.79 Å². The average Bonchev–Trinajstić information content (AvgIpc) is 3.14. The molecule has 0 atom stereocenters. The molecule has 1 aliphatic rings. The zero-order chi connectivity index (χ0) is 16.7. The van der Waals surface area contributed by atoms with E-state index < -0.39 is 0 Å². The Morgan fingerprint density at radius 1 is 1.29 bits per heavy atom. The van der Waals surface area contributed by atoms with Crippen LogP contribution in [-0.4, -0.2) is 29.3 Å². The molecule has 0 saturated heterocycles. The quantitative estimate of drug-likeness (QED) is 0.688. The molecule has 24 heavy (non-hydrogen) atoms. The maximum absolute atomic E-state index is 12.1. The van der Waals surface area contributed by atoms with Crippen LogP contribution in [0.25, 0.3) is 20.8 Å². The van der Waals surface area contributed by atoms with E-state index in [0.29, 0.717) is 18.6 Å². The van der Waals surface area contributed by atoms with Crippen molar-refractivity contribution in [3.05, 3.63) is 39.6 Å². The molecule has 0 aliphatic carbocycles. The Morgan fingerprint density at radius 3 is 2.92 bits per heavy atom. The third-order valence-corrected chi connectivity index (χ3v) is 6.85. The maximum Gasteiger partial charge on any atom is 0.137 e. The fourth-order valence-electron chi connectivity index (χ4n) is 3.24. The third kappa shape index (κ3) is 2.81. The molecule has 0 fully saturated rings. The van der Waals surface area contributed by atoms with E-state index in [1.165, 1.54) is 25.6 Å². The van der Waals surface area contributed by atoms with Gasteiger partial charge in [0.1, 0.15) is 10.8 Å². The van der Waals surface area contributed by atoms with E-state index in [9.17, 15) is 4.79 Å². The maximum atomic E-state index is 12.1. The Morgan fingerprint density at radius 2 is 2.12 bits per heavy atom. The van der Waals surface area contributed by atoms with Gasteiger partial charge in [0.05, 0.1) is 10.2 Å². The number of fused-ring (bicyclic) bond motifs is 2. The monoisotopic (exact) mass is 356 g/mol. The van der Waals surface area contributed by atoms with Crippen molar-refractivity contribution in [3.63, 3.8) is 0 Å². The summed E-state index contributed by atoms with van der Waals surface area (Å²) in [6.07, 6.45) is 2.19. The van der Waals surface area contributed by atoms with Gasteiger partial charge in [-0.25, -0.2) is 4.98 Å². The number of carbonyl (C=O) groups excluding carboxylic acids is 1. The second-order valence-corrected chi connectivity index (χ2v) is 8.57. The highest BCUT2D eigenvalue weighted by atomic mass is 32.1. The molecular formula is C19H20N2OS2. The first kappa shape index (κ1) is 15.9. The van der Waals surface area contributed by atoms with Gasteiger partial charge < -0.3 is 4.90 Å². The summed E-state index contributed by atoms with van der Waals surface area (Å²) in [5.41, 5.74) is 3.74. The Hall–Kier alpha value is -1.56. The van der Waals surface area contributed by atoms with Gasteiger partial charge in [0, 0.05) is 41.2 Å².